The summed E-state index contributed by atoms with van der Waals surface area (Å²) in [7, 11) is -0.253. The average Bonchev–Trinajstić information content (AvgIpc) is 3.36. The highest BCUT2D eigenvalue weighted by atomic mass is 35.5. The van der Waals surface area contributed by atoms with Gasteiger partial charge in [0.15, 0.2) is 21.5 Å². The zero-order chi connectivity index (χ0) is 20.9. The number of hydrogen-bond donors (Lipinski definition) is 1. The second kappa shape index (κ2) is 6.85. The highest BCUT2D eigenvalue weighted by Gasteiger charge is 2.26. The Morgan fingerprint density at radius 3 is 2.76 bits per heavy atom. The van der Waals surface area contributed by atoms with Crippen molar-refractivity contribution in [2.75, 3.05) is 13.4 Å². The third kappa shape index (κ3) is 3.25. The quantitative estimate of drug-likeness (QED) is 0.513. The number of sulfone groups is 1. The van der Waals surface area contributed by atoms with Gasteiger partial charge >= 0.3 is 0 Å². The van der Waals surface area contributed by atoms with Crippen LogP contribution < -0.4 is 4.74 Å². The molecule has 4 aromatic rings. The van der Waals surface area contributed by atoms with E-state index in [0.717, 1.165) is 6.26 Å². The van der Waals surface area contributed by atoms with Crippen LogP contribution in [0.1, 0.15) is 5.82 Å². The number of nitrogens with one attached hydrogen (secondary N) is 1. The van der Waals surface area contributed by atoms with E-state index >= 15 is 4.39 Å². The molecular weight excluding hydrogens is 423 g/mol. The van der Waals surface area contributed by atoms with Gasteiger partial charge in [0.1, 0.15) is 28.0 Å². The molecule has 0 bridgehead atoms. The van der Waals surface area contributed by atoms with Crippen LogP contribution in [0.2, 0.25) is 5.02 Å². The van der Waals surface area contributed by atoms with Gasteiger partial charge in [-0.1, -0.05) is 11.6 Å². The Kier molecular flexibility index (Phi) is 4.58. The van der Waals surface area contributed by atoms with E-state index in [4.69, 9.17) is 16.3 Å². The van der Waals surface area contributed by atoms with Crippen LogP contribution in [-0.4, -0.2) is 51.1 Å². The van der Waals surface area contributed by atoms with Gasteiger partial charge in [-0.15, -0.1) is 0 Å². The first-order valence-corrected chi connectivity index (χ1v) is 10.8. The first-order valence-electron chi connectivity index (χ1n) is 8.33. The molecule has 4 rings (SSSR count). The summed E-state index contributed by atoms with van der Waals surface area (Å²) in [5, 5.41) is 7.15. The van der Waals surface area contributed by atoms with E-state index in [2.05, 4.69) is 20.2 Å². The fraction of sp³-hybridized carbons (Fsp3) is 0.235. The molecule has 1 N–H and O–H groups in total. The van der Waals surface area contributed by atoms with E-state index in [0.29, 0.717) is 16.8 Å². The Hall–Kier alpha value is -2.92. The smallest absolute Gasteiger partial charge is 0.200 e. The Morgan fingerprint density at radius 1 is 1.38 bits per heavy atom. The van der Waals surface area contributed by atoms with Crippen LogP contribution in [0.4, 0.5) is 4.39 Å². The lowest BCUT2D eigenvalue weighted by atomic mass is 10.2. The maximum absolute atomic E-state index is 15.1. The minimum atomic E-state index is -3.31. The number of benzene rings is 1. The van der Waals surface area contributed by atoms with E-state index in [1.54, 1.807) is 41.0 Å². The molecule has 0 saturated carbocycles. The predicted molar refractivity (Wildman–Crippen MR) is 105 cm³/mol. The van der Waals surface area contributed by atoms with Gasteiger partial charge in [0.2, 0.25) is 0 Å². The Morgan fingerprint density at radius 2 is 2.14 bits per heavy atom. The van der Waals surface area contributed by atoms with Gasteiger partial charge in [-0.25, -0.2) is 22.8 Å². The van der Waals surface area contributed by atoms with Crippen LogP contribution in [-0.2, 0) is 22.6 Å². The zero-order valence-electron chi connectivity index (χ0n) is 15.6. The number of H-pyrrole nitrogens is 1. The van der Waals surface area contributed by atoms with Crippen molar-refractivity contribution in [3.63, 3.8) is 0 Å². The molecule has 29 heavy (non-hydrogen) atoms. The normalized spacial score (nSPS) is 12.0. The number of fused-ring (bicyclic) bond motifs is 1. The largest absolute Gasteiger partial charge is 0.495 e. The first kappa shape index (κ1) is 19.4. The van der Waals surface area contributed by atoms with Gasteiger partial charge in [-0.05, 0) is 6.07 Å². The molecule has 0 atom stereocenters. The summed E-state index contributed by atoms with van der Waals surface area (Å²) in [5.41, 5.74) is 1.24. The van der Waals surface area contributed by atoms with Crippen LogP contribution in [0.3, 0.4) is 0 Å². The monoisotopic (exact) mass is 438 g/mol. The van der Waals surface area contributed by atoms with Gasteiger partial charge in [0, 0.05) is 31.1 Å². The summed E-state index contributed by atoms with van der Waals surface area (Å²) in [6.07, 6.45) is 5.94. The molecular formula is C17H16ClFN6O3S. The number of hydrogen-bond acceptors (Lipinski definition) is 6. The van der Waals surface area contributed by atoms with Crippen LogP contribution >= 0.6 is 11.6 Å². The number of rotatable bonds is 5. The summed E-state index contributed by atoms with van der Waals surface area (Å²) < 4.78 is 46.7. The zero-order valence-corrected chi connectivity index (χ0v) is 17.2. The Bertz CT molecular complexity index is 1330. The summed E-state index contributed by atoms with van der Waals surface area (Å²) >= 11 is 6.12. The second-order valence-electron chi connectivity index (χ2n) is 6.50. The fourth-order valence-corrected chi connectivity index (χ4v) is 4.12. The topological polar surface area (TPSA) is 108 Å². The highest BCUT2D eigenvalue weighted by molar-refractivity contribution is 7.89. The summed E-state index contributed by atoms with van der Waals surface area (Å²) in [5.74, 6) is -0.370. The van der Waals surface area contributed by atoms with E-state index in [9.17, 15) is 8.42 Å². The lowest BCUT2D eigenvalue weighted by Crippen LogP contribution is -2.02. The van der Waals surface area contributed by atoms with Gasteiger partial charge in [-0.3, -0.25) is 5.10 Å². The van der Waals surface area contributed by atoms with Crippen LogP contribution in [0.5, 0.6) is 5.75 Å². The number of aromatic nitrogens is 6. The fourth-order valence-electron chi connectivity index (χ4n) is 3.27. The van der Waals surface area contributed by atoms with Gasteiger partial charge in [-0.2, -0.15) is 5.10 Å². The number of aryl methyl sites for hydroxylation is 1. The molecule has 152 valence electrons. The predicted octanol–water partition coefficient (Wildman–Crippen LogP) is 2.49. The van der Waals surface area contributed by atoms with E-state index < -0.39 is 15.7 Å². The van der Waals surface area contributed by atoms with Crippen LogP contribution in [0.15, 0.2) is 24.8 Å². The van der Waals surface area contributed by atoms with E-state index in [1.807, 2.05) is 0 Å². The molecule has 0 radical (unpaired) electrons. The molecule has 0 aliphatic rings. The second-order valence-corrected chi connectivity index (χ2v) is 9.02. The first-order chi connectivity index (χ1) is 13.7. The van der Waals surface area contributed by atoms with Gasteiger partial charge in [0.25, 0.3) is 0 Å². The van der Waals surface area contributed by atoms with Crippen molar-refractivity contribution in [3.8, 4) is 23.0 Å². The number of aromatic amines is 1. The SMILES string of the molecule is COc1cc2c(-n3ccnc3)c(-c3n[nH]c(CS(C)(=O)=O)n3)n(C)c2c(F)c1Cl. The molecule has 9 nitrogen and oxygen atoms in total. The van der Waals surface area contributed by atoms with E-state index in [1.165, 1.54) is 7.11 Å². The Labute approximate surface area is 170 Å². The summed E-state index contributed by atoms with van der Waals surface area (Å²) in [4.78, 5) is 8.36. The summed E-state index contributed by atoms with van der Waals surface area (Å²) in [6.45, 7) is 0. The Balaban J connectivity index is 2.05. The maximum Gasteiger partial charge on any atom is 0.200 e. The molecule has 1 aromatic carbocycles. The van der Waals surface area contributed by atoms with Crippen LogP contribution in [0.25, 0.3) is 28.1 Å². The molecule has 0 amide bonds. The average molecular weight is 439 g/mol. The third-order valence-corrected chi connectivity index (χ3v) is 5.57. The number of ether oxygens (including phenoxy) is 1. The molecule has 0 aliphatic carbocycles. The minimum absolute atomic E-state index is 0.142. The number of nitrogens with zero attached hydrogens (tertiary/aromatic N) is 5. The molecule has 0 spiro atoms. The van der Waals surface area contributed by atoms with Crippen LogP contribution in [0, 0.1) is 5.82 Å². The van der Waals surface area contributed by atoms with Gasteiger partial charge in [0.05, 0.1) is 24.6 Å². The van der Waals surface area contributed by atoms with Crippen molar-refractivity contribution in [2.24, 2.45) is 7.05 Å². The lowest BCUT2D eigenvalue weighted by Gasteiger charge is -2.07. The van der Waals surface area contributed by atoms with Gasteiger partial charge < -0.3 is 13.9 Å². The van der Waals surface area contributed by atoms with Crippen molar-refractivity contribution >= 4 is 32.3 Å². The molecule has 3 aromatic heterocycles. The van der Waals surface area contributed by atoms with E-state index in [-0.39, 0.29) is 33.7 Å². The molecule has 0 unspecified atom stereocenters. The number of halogens is 2. The van der Waals surface area contributed by atoms with Crippen molar-refractivity contribution in [1.29, 1.82) is 0 Å². The van der Waals surface area contributed by atoms with Crippen molar-refractivity contribution in [2.45, 2.75) is 5.75 Å². The molecule has 3 heterocycles. The molecule has 0 saturated heterocycles. The highest BCUT2D eigenvalue weighted by Crippen LogP contribution is 2.41. The van der Waals surface area contributed by atoms with Crippen molar-refractivity contribution in [3.05, 3.63) is 41.5 Å². The molecule has 12 heteroatoms. The minimum Gasteiger partial charge on any atom is -0.495 e. The molecule has 0 fully saturated rings. The van der Waals surface area contributed by atoms with Crippen molar-refractivity contribution < 1.29 is 17.5 Å². The lowest BCUT2D eigenvalue weighted by molar-refractivity contribution is 0.412. The third-order valence-electron chi connectivity index (χ3n) is 4.42. The van der Waals surface area contributed by atoms with Crippen molar-refractivity contribution in [1.82, 2.24) is 29.3 Å². The number of methoxy groups -OCH3 is 1. The number of imidazole rings is 1. The maximum atomic E-state index is 15.1. The standard InChI is InChI=1S/C17H16ClFN6O3S/c1-24-14-9(6-10(28-2)12(18)13(14)19)15(25-5-4-20-8-25)16(24)17-21-11(22-23-17)7-29(3,26)27/h4-6,8H,7H2,1-3H3,(H,21,22,23). The molecule has 0 aliphatic heterocycles. The summed E-state index contributed by atoms with van der Waals surface area (Å²) in [6, 6.07) is 1.63.